The van der Waals surface area contributed by atoms with Crippen LogP contribution >= 0.6 is 11.6 Å². The minimum Gasteiger partial charge on any atom is -0.507 e. The molecule has 63 heavy (non-hydrogen) atoms. The molecule has 4 aromatic carbocycles. The first kappa shape index (κ1) is 47.3. The molecule has 332 valence electrons. The Labute approximate surface area is 369 Å². The minimum absolute atomic E-state index is 0.0872. The zero-order valence-corrected chi connectivity index (χ0v) is 35.9. The van der Waals surface area contributed by atoms with E-state index < -0.39 is 71.4 Å². The van der Waals surface area contributed by atoms with Crippen molar-refractivity contribution in [3.63, 3.8) is 0 Å². The van der Waals surface area contributed by atoms with E-state index in [-0.39, 0.29) is 59.4 Å². The molecule has 1 aliphatic heterocycles. The molecular weight excluding hydrogens is 830 g/mol. The van der Waals surface area contributed by atoms with Gasteiger partial charge in [-0.2, -0.15) is 0 Å². The third-order valence-electron chi connectivity index (χ3n) is 10.8. The number of carbonyl (C=O) groups excluding carboxylic acids is 7. The largest absolute Gasteiger partial charge is 0.507 e. The number of hydrogen-bond donors (Lipinski definition) is 8. The van der Waals surface area contributed by atoms with Crippen molar-refractivity contribution >= 4 is 52.8 Å². The molecule has 6 amide bonds. The smallest absolute Gasteiger partial charge is 0.251 e. The van der Waals surface area contributed by atoms with Crippen molar-refractivity contribution in [3.05, 3.63) is 107 Å². The number of unbranched alkanes of at least 4 members (excludes halogenated alkanes) is 1. The number of nitrogens with zero attached hydrogens (tertiary/aromatic N) is 1. The van der Waals surface area contributed by atoms with E-state index in [0.29, 0.717) is 30.0 Å². The van der Waals surface area contributed by atoms with Gasteiger partial charge in [0, 0.05) is 48.0 Å². The average Bonchev–Trinajstić information content (AvgIpc) is 3.25. The molecule has 0 saturated carbocycles. The van der Waals surface area contributed by atoms with Crippen LogP contribution in [0.15, 0.2) is 84.9 Å². The van der Waals surface area contributed by atoms with E-state index in [1.807, 2.05) is 12.1 Å². The van der Waals surface area contributed by atoms with E-state index in [1.165, 1.54) is 57.3 Å². The second-order valence-corrected chi connectivity index (χ2v) is 16.0. The van der Waals surface area contributed by atoms with Crippen LogP contribution in [0.4, 0.5) is 0 Å². The van der Waals surface area contributed by atoms with Gasteiger partial charge in [-0.15, -0.1) is 0 Å². The van der Waals surface area contributed by atoms with Gasteiger partial charge >= 0.3 is 0 Å². The van der Waals surface area contributed by atoms with Gasteiger partial charge in [0.1, 0.15) is 35.7 Å². The predicted molar refractivity (Wildman–Crippen MR) is 236 cm³/mol. The lowest BCUT2D eigenvalue weighted by Gasteiger charge is -2.32. The Kier molecular flexibility index (Phi) is 16.0. The summed E-state index contributed by atoms with van der Waals surface area (Å²) in [4.78, 5) is 95.1. The summed E-state index contributed by atoms with van der Waals surface area (Å²) >= 11 is 6.04. The molecule has 0 spiro atoms. The second kappa shape index (κ2) is 21.3. The van der Waals surface area contributed by atoms with E-state index in [4.69, 9.17) is 23.1 Å². The van der Waals surface area contributed by atoms with Crippen LogP contribution in [0.25, 0.3) is 22.3 Å². The summed E-state index contributed by atoms with van der Waals surface area (Å²) in [5.41, 5.74) is 13.8. The molecule has 1 heterocycles. The lowest BCUT2D eigenvalue weighted by molar-refractivity contribution is -0.141. The summed E-state index contributed by atoms with van der Waals surface area (Å²) in [7, 11) is 1.38. The van der Waals surface area contributed by atoms with Crippen LogP contribution in [0, 0.1) is 0 Å². The molecule has 4 aromatic rings. The van der Waals surface area contributed by atoms with Gasteiger partial charge in [0.15, 0.2) is 5.78 Å². The molecule has 17 heteroatoms. The molecule has 0 unspecified atom stereocenters. The lowest BCUT2D eigenvalue weighted by Crippen LogP contribution is -2.56. The number of Topliss-reactive ketones (excluding diaryl/α,β-unsaturated/α-hetero) is 1. The van der Waals surface area contributed by atoms with Crippen LogP contribution < -0.4 is 32.7 Å². The molecule has 1 aliphatic rings. The van der Waals surface area contributed by atoms with Gasteiger partial charge in [0.25, 0.3) is 5.91 Å². The van der Waals surface area contributed by atoms with Crippen molar-refractivity contribution < 1.29 is 43.8 Å². The van der Waals surface area contributed by atoms with Crippen molar-refractivity contribution in [3.8, 4) is 33.8 Å². The number of likely N-dealkylation sites (N-methyl/N-ethyl adjacent to an activating group) is 1. The molecule has 0 aromatic heterocycles. The number of nitrogens with two attached hydrogens (primary N) is 2. The summed E-state index contributed by atoms with van der Waals surface area (Å²) in [5, 5.41) is 33.5. The number of phenolic OH excluding ortho intramolecular Hbond substituents is 2. The van der Waals surface area contributed by atoms with Gasteiger partial charge in [-0.05, 0) is 110 Å². The molecule has 16 nitrogen and oxygen atoms in total. The van der Waals surface area contributed by atoms with Crippen molar-refractivity contribution in [1.82, 2.24) is 26.2 Å². The minimum atomic E-state index is -1.46. The number of benzene rings is 4. The highest BCUT2D eigenvalue weighted by Crippen LogP contribution is 2.39. The fourth-order valence-corrected chi connectivity index (χ4v) is 7.32. The number of rotatable bonds is 15. The third-order valence-corrected chi connectivity index (χ3v) is 11.1. The Morgan fingerprint density at radius 1 is 0.825 bits per heavy atom. The normalized spacial score (nSPS) is 17.2. The number of hydrogen-bond acceptors (Lipinski definition) is 10. The Balaban J connectivity index is 1.47. The Morgan fingerprint density at radius 2 is 1.44 bits per heavy atom. The molecule has 5 atom stereocenters. The summed E-state index contributed by atoms with van der Waals surface area (Å²) in [5.74, 6) is -5.23. The second-order valence-electron chi connectivity index (χ2n) is 15.5. The first-order valence-corrected chi connectivity index (χ1v) is 20.9. The van der Waals surface area contributed by atoms with Gasteiger partial charge in [-0.3, -0.25) is 33.6 Å². The first-order valence-electron chi connectivity index (χ1n) is 20.5. The van der Waals surface area contributed by atoms with Crippen LogP contribution in [0.5, 0.6) is 11.5 Å². The summed E-state index contributed by atoms with van der Waals surface area (Å²) in [6, 6.07) is 16.3. The van der Waals surface area contributed by atoms with E-state index in [2.05, 4.69) is 21.3 Å². The van der Waals surface area contributed by atoms with Gasteiger partial charge in [-0.1, -0.05) is 48.0 Å². The number of primary amides is 1. The SMILES string of the molecule is C[C@H](NC(=O)[C@@H]1Cc2ccc(O)c(c2)-c2cc(ccc2O)[C@H](N(C)C(=O)[C@H](CCCCN)NC(=O)c2ccc(-c3ccc(Cl)cc3)cc2)C(=O)N[C@@H](C)C(=O)N1)C(=O)CCC(N)=O. The van der Waals surface area contributed by atoms with E-state index >= 15 is 0 Å². The van der Waals surface area contributed by atoms with Crippen LogP contribution in [-0.2, 0) is 35.2 Å². The van der Waals surface area contributed by atoms with Gasteiger partial charge < -0.3 is 47.8 Å². The first-order chi connectivity index (χ1) is 30.0. The van der Waals surface area contributed by atoms with Crippen molar-refractivity contribution in [2.24, 2.45) is 11.5 Å². The molecule has 0 radical (unpaired) electrons. The van der Waals surface area contributed by atoms with Crippen LogP contribution in [0.3, 0.4) is 0 Å². The Bertz CT molecular complexity index is 2360. The number of aromatic hydroxyl groups is 2. The highest BCUT2D eigenvalue weighted by Gasteiger charge is 2.36. The standard InChI is InChI=1S/C46H52ClN7O9/c1-25(37(55)19-20-40(49)58)50-44(61)36-23-27-7-17-38(56)33(22-27)34-24-31(14-18-39(34)57)41(45(62)51-26(2)42(59)53-36)54(3)46(63)35(6-4-5-21-48)52-43(60)30-10-8-28(9-11-30)29-12-15-32(47)16-13-29/h7-18,22,24-26,35-36,41,56-57H,4-6,19-21,23,48H2,1-3H3,(H2,49,58)(H,50,61)(H,51,62)(H,52,60)(H,53,59)/t25-,26-,35-,36-,41-/m0/s1. The van der Waals surface area contributed by atoms with Crippen molar-refractivity contribution in [2.75, 3.05) is 13.6 Å². The summed E-state index contributed by atoms with van der Waals surface area (Å²) < 4.78 is 0. The Morgan fingerprint density at radius 3 is 2.08 bits per heavy atom. The van der Waals surface area contributed by atoms with Crippen LogP contribution in [-0.4, -0.2) is 94.1 Å². The van der Waals surface area contributed by atoms with E-state index in [9.17, 15) is 43.8 Å². The molecule has 0 fully saturated rings. The molecule has 5 rings (SSSR count). The van der Waals surface area contributed by atoms with Crippen molar-refractivity contribution in [2.45, 2.75) is 82.6 Å². The lowest BCUT2D eigenvalue weighted by atomic mass is 9.93. The zero-order chi connectivity index (χ0) is 46.0. The highest BCUT2D eigenvalue weighted by atomic mass is 35.5. The number of carbonyl (C=O) groups is 7. The number of phenols is 2. The number of ketones is 1. The number of halogens is 1. The third kappa shape index (κ3) is 12.2. The predicted octanol–water partition coefficient (Wildman–Crippen LogP) is 3.40. The quantitative estimate of drug-likeness (QED) is 0.0807. The molecule has 4 bridgehead atoms. The van der Waals surface area contributed by atoms with E-state index in [1.54, 1.807) is 36.4 Å². The Hall–Kier alpha value is -6.78. The number of nitrogens with one attached hydrogen (secondary N) is 4. The number of fused-ring (bicyclic) bond motifs is 5. The van der Waals surface area contributed by atoms with Gasteiger partial charge in [-0.25, -0.2) is 0 Å². The molecule has 10 N–H and O–H groups in total. The van der Waals surface area contributed by atoms with Crippen molar-refractivity contribution in [1.29, 1.82) is 0 Å². The summed E-state index contributed by atoms with van der Waals surface area (Å²) in [6.07, 6.45) is 0.605. The molecule has 0 saturated heterocycles. The maximum absolute atomic E-state index is 14.6. The fourth-order valence-electron chi connectivity index (χ4n) is 7.19. The molecule has 0 aliphatic carbocycles. The topological polar surface area (TPSA) is 263 Å². The maximum atomic E-state index is 14.6. The van der Waals surface area contributed by atoms with Crippen LogP contribution in [0.1, 0.15) is 73.5 Å². The van der Waals surface area contributed by atoms with Gasteiger partial charge in [0.05, 0.1) is 6.04 Å². The maximum Gasteiger partial charge on any atom is 0.251 e. The highest BCUT2D eigenvalue weighted by molar-refractivity contribution is 6.30. The van der Waals surface area contributed by atoms with E-state index in [0.717, 1.165) is 16.0 Å². The van der Waals surface area contributed by atoms with Gasteiger partial charge in [0.2, 0.25) is 29.5 Å². The summed E-state index contributed by atoms with van der Waals surface area (Å²) in [6.45, 7) is 3.15. The zero-order valence-electron chi connectivity index (χ0n) is 35.2. The average molecular weight is 882 g/mol. The number of amides is 6. The molecular formula is C46H52ClN7O9. The monoisotopic (exact) mass is 881 g/mol. The fraction of sp³-hybridized carbons (Fsp3) is 0.326. The van der Waals surface area contributed by atoms with Crippen LogP contribution in [0.2, 0.25) is 5.02 Å².